The zero-order chi connectivity index (χ0) is 19.3. The predicted octanol–water partition coefficient (Wildman–Crippen LogP) is 3.73. The molecule has 28 heavy (non-hydrogen) atoms. The Bertz CT molecular complexity index is 957. The van der Waals surface area contributed by atoms with Gasteiger partial charge in [0.25, 0.3) is 5.91 Å². The molecule has 1 unspecified atom stereocenters. The molecule has 1 aliphatic heterocycles. The molecule has 142 valence electrons. The summed E-state index contributed by atoms with van der Waals surface area (Å²) in [4.78, 5) is 32.9. The molecule has 2 amide bonds. The van der Waals surface area contributed by atoms with Crippen LogP contribution >= 0.6 is 11.3 Å². The second kappa shape index (κ2) is 8.35. The standard InChI is InChI=1S/C22H21N3O2S/c26-21(24-15-18-8-5-13-28-18)20-10-4-12-25(20)22(27)17-7-3-6-16(14-17)19-9-1-2-11-23-19/h1-3,5-9,11,13-14,20H,4,10,12,15H2,(H,24,26). The molecule has 1 aromatic carbocycles. The molecular formula is C22H21N3O2S. The van der Waals surface area contributed by atoms with Crippen molar-refractivity contribution in [3.8, 4) is 11.3 Å². The molecule has 3 heterocycles. The number of hydrogen-bond acceptors (Lipinski definition) is 4. The quantitative estimate of drug-likeness (QED) is 0.721. The fourth-order valence-corrected chi connectivity index (χ4v) is 4.14. The normalized spacial score (nSPS) is 16.1. The first-order chi connectivity index (χ1) is 13.7. The molecule has 4 rings (SSSR count). The number of rotatable bonds is 5. The highest BCUT2D eigenvalue weighted by molar-refractivity contribution is 7.09. The zero-order valence-corrected chi connectivity index (χ0v) is 16.2. The van der Waals surface area contributed by atoms with Crippen molar-refractivity contribution in [3.05, 3.63) is 76.6 Å². The van der Waals surface area contributed by atoms with Crippen molar-refractivity contribution < 1.29 is 9.59 Å². The van der Waals surface area contributed by atoms with Gasteiger partial charge in [-0.2, -0.15) is 0 Å². The summed E-state index contributed by atoms with van der Waals surface area (Å²) in [5.74, 6) is -0.188. The fourth-order valence-electron chi connectivity index (χ4n) is 3.50. The van der Waals surface area contributed by atoms with Crippen molar-refractivity contribution in [3.63, 3.8) is 0 Å². The van der Waals surface area contributed by atoms with Crippen molar-refractivity contribution >= 4 is 23.2 Å². The molecule has 3 aromatic rings. The van der Waals surface area contributed by atoms with E-state index in [9.17, 15) is 9.59 Å². The number of aromatic nitrogens is 1. The second-order valence-electron chi connectivity index (χ2n) is 6.75. The number of likely N-dealkylation sites (tertiary alicyclic amines) is 1. The predicted molar refractivity (Wildman–Crippen MR) is 110 cm³/mol. The Balaban J connectivity index is 1.48. The van der Waals surface area contributed by atoms with Crippen LogP contribution in [0.15, 0.2) is 66.2 Å². The number of pyridine rings is 1. The van der Waals surface area contributed by atoms with E-state index >= 15 is 0 Å². The third-order valence-electron chi connectivity index (χ3n) is 4.90. The first-order valence-electron chi connectivity index (χ1n) is 9.35. The summed E-state index contributed by atoms with van der Waals surface area (Å²) < 4.78 is 0. The van der Waals surface area contributed by atoms with Gasteiger partial charge in [-0.25, -0.2) is 0 Å². The Kier molecular flexibility index (Phi) is 5.48. The number of benzene rings is 1. The van der Waals surface area contributed by atoms with E-state index in [0.717, 1.165) is 22.6 Å². The van der Waals surface area contributed by atoms with Crippen LogP contribution in [0.4, 0.5) is 0 Å². The summed E-state index contributed by atoms with van der Waals surface area (Å²) in [6.45, 7) is 1.11. The van der Waals surface area contributed by atoms with Gasteiger partial charge in [-0.05, 0) is 48.6 Å². The first kappa shape index (κ1) is 18.4. The van der Waals surface area contributed by atoms with E-state index in [-0.39, 0.29) is 11.8 Å². The Morgan fingerprint density at radius 1 is 1.14 bits per heavy atom. The topological polar surface area (TPSA) is 62.3 Å². The zero-order valence-electron chi connectivity index (χ0n) is 15.4. The summed E-state index contributed by atoms with van der Waals surface area (Å²) in [5, 5.41) is 4.96. The maximum atomic E-state index is 13.1. The van der Waals surface area contributed by atoms with Crippen molar-refractivity contribution in [1.29, 1.82) is 0 Å². The van der Waals surface area contributed by atoms with E-state index in [1.807, 2.05) is 53.9 Å². The minimum Gasteiger partial charge on any atom is -0.349 e. The van der Waals surface area contributed by atoms with E-state index in [2.05, 4.69) is 10.3 Å². The van der Waals surface area contributed by atoms with E-state index in [4.69, 9.17) is 0 Å². The van der Waals surface area contributed by atoms with Crippen LogP contribution in [0.5, 0.6) is 0 Å². The van der Waals surface area contributed by atoms with Gasteiger partial charge in [-0.1, -0.05) is 24.3 Å². The van der Waals surface area contributed by atoms with Gasteiger partial charge >= 0.3 is 0 Å². The molecular weight excluding hydrogens is 370 g/mol. The minimum atomic E-state index is -0.411. The summed E-state index contributed by atoms with van der Waals surface area (Å²) >= 11 is 1.61. The van der Waals surface area contributed by atoms with Gasteiger partial charge in [0.2, 0.25) is 5.91 Å². The molecule has 1 atom stereocenters. The number of nitrogens with one attached hydrogen (secondary N) is 1. The molecule has 5 nitrogen and oxygen atoms in total. The van der Waals surface area contributed by atoms with Crippen LogP contribution < -0.4 is 5.32 Å². The molecule has 0 radical (unpaired) electrons. The van der Waals surface area contributed by atoms with Crippen LogP contribution in [0.3, 0.4) is 0 Å². The molecule has 1 fully saturated rings. The lowest BCUT2D eigenvalue weighted by atomic mass is 10.1. The van der Waals surface area contributed by atoms with E-state index < -0.39 is 6.04 Å². The minimum absolute atomic E-state index is 0.0832. The third-order valence-corrected chi connectivity index (χ3v) is 5.78. The summed E-state index contributed by atoms with van der Waals surface area (Å²) in [5.41, 5.74) is 2.30. The summed E-state index contributed by atoms with van der Waals surface area (Å²) in [7, 11) is 0. The number of hydrogen-bond donors (Lipinski definition) is 1. The van der Waals surface area contributed by atoms with Crippen LogP contribution in [0.1, 0.15) is 28.1 Å². The monoisotopic (exact) mass is 391 g/mol. The van der Waals surface area contributed by atoms with Crippen molar-refractivity contribution in [2.24, 2.45) is 0 Å². The SMILES string of the molecule is O=C(NCc1cccs1)C1CCCN1C(=O)c1cccc(-c2ccccn2)c1. The van der Waals surface area contributed by atoms with Crippen LogP contribution in [0.25, 0.3) is 11.3 Å². The van der Waals surface area contributed by atoms with Gasteiger partial charge in [0, 0.05) is 28.7 Å². The van der Waals surface area contributed by atoms with Gasteiger partial charge in [-0.15, -0.1) is 11.3 Å². The van der Waals surface area contributed by atoms with Gasteiger partial charge in [0.15, 0.2) is 0 Å². The molecule has 1 aliphatic rings. The highest BCUT2D eigenvalue weighted by atomic mass is 32.1. The van der Waals surface area contributed by atoms with Gasteiger partial charge in [0.1, 0.15) is 6.04 Å². The fraction of sp³-hybridized carbons (Fsp3) is 0.227. The van der Waals surface area contributed by atoms with Crippen molar-refractivity contribution in [1.82, 2.24) is 15.2 Å². The van der Waals surface area contributed by atoms with Crippen LogP contribution in [-0.4, -0.2) is 34.3 Å². The van der Waals surface area contributed by atoms with E-state index in [1.165, 1.54) is 0 Å². The molecule has 0 spiro atoms. The Hall–Kier alpha value is -2.99. The maximum Gasteiger partial charge on any atom is 0.254 e. The lowest BCUT2D eigenvalue weighted by Crippen LogP contribution is -2.45. The van der Waals surface area contributed by atoms with Crippen molar-refractivity contribution in [2.75, 3.05) is 6.54 Å². The number of thiophene rings is 1. The lowest BCUT2D eigenvalue weighted by molar-refractivity contribution is -0.125. The Morgan fingerprint density at radius 2 is 2.07 bits per heavy atom. The van der Waals surface area contributed by atoms with Crippen LogP contribution in [0.2, 0.25) is 0 Å². The largest absolute Gasteiger partial charge is 0.349 e. The second-order valence-corrected chi connectivity index (χ2v) is 7.78. The smallest absolute Gasteiger partial charge is 0.254 e. The number of nitrogens with zero attached hydrogens (tertiary/aromatic N) is 2. The Morgan fingerprint density at radius 3 is 2.86 bits per heavy atom. The lowest BCUT2D eigenvalue weighted by Gasteiger charge is -2.24. The van der Waals surface area contributed by atoms with Crippen molar-refractivity contribution in [2.45, 2.75) is 25.4 Å². The summed E-state index contributed by atoms with van der Waals surface area (Å²) in [6, 6.07) is 16.7. The maximum absolute atomic E-state index is 13.1. The van der Waals surface area contributed by atoms with Gasteiger partial charge < -0.3 is 10.2 Å². The third kappa shape index (κ3) is 3.97. The highest BCUT2D eigenvalue weighted by Gasteiger charge is 2.34. The molecule has 0 bridgehead atoms. The molecule has 0 aliphatic carbocycles. The van der Waals surface area contributed by atoms with Gasteiger partial charge in [-0.3, -0.25) is 14.6 Å². The molecule has 0 saturated carbocycles. The molecule has 1 N–H and O–H groups in total. The number of amides is 2. The molecule has 2 aromatic heterocycles. The average molecular weight is 391 g/mol. The molecule has 6 heteroatoms. The highest BCUT2D eigenvalue weighted by Crippen LogP contribution is 2.23. The Labute approximate surface area is 168 Å². The van der Waals surface area contributed by atoms with Gasteiger partial charge in [0.05, 0.1) is 12.2 Å². The van der Waals surface area contributed by atoms with E-state index in [0.29, 0.717) is 25.1 Å². The van der Waals surface area contributed by atoms with Crippen LogP contribution in [-0.2, 0) is 11.3 Å². The van der Waals surface area contributed by atoms with E-state index in [1.54, 1.807) is 28.5 Å². The number of carbonyl (C=O) groups is 2. The van der Waals surface area contributed by atoms with Crippen LogP contribution in [0, 0.1) is 0 Å². The summed E-state index contributed by atoms with van der Waals surface area (Å²) in [6.07, 6.45) is 3.27. The number of carbonyl (C=O) groups excluding carboxylic acids is 2. The molecule has 1 saturated heterocycles. The first-order valence-corrected chi connectivity index (χ1v) is 10.2. The average Bonchev–Trinajstić information content (AvgIpc) is 3.44.